The number of imide groups is 1. The van der Waals surface area contributed by atoms with Crippen LogP contribution in [0.3, 0.4) is 0 Å². The number of rotatable bonds is 7. The molecule has 2 rings (SSSR count). The fourth-order valence-electron chi connectivity index (χ4n) is 2.18. The summed E-state index contributed by atoms with van der Waals surface area (Å²) in [5.74, 6) is 0.325. The van der Waals surface area contributed by atoms with E-state index in [1.807, 2.05) is 41.8 Å². The van der Waals surface area contributed by atoms with Crippen LogP contribution < -0.4 is 10.6 Å². The molecule has 0 aliphatic carbocycles. The van der Waals surface area contributed by atoms with E-state index >= 15 is 0 Å². The van der Waals surface area contributed by atoms with Crippen LogP contribution in [-0.2, 0) is 11.3 Å². The molecule has 0 aliphatic rings. The highest BCUT2D eigenvalue weighted by atomic mass is 32.2. The Labute approximate surface area is 150 Å². The van der Waals surface area contributed by atoms with Gasteiger partial charge in [0, 0.05) is 13.1 Å². The Morgan fingerprint density at radius 3 is 2.68 bits per heavy atom. The van der Waals surface area contributed by atoms with E-state index in [2.05, 4.69) is 27.4 Å². The van der Waals surface area contributed by atoms with Gasteiger partial charge >= 0.3 is 6.03 Å². The highest BCUT2D eigenvalue weighted by Gasteiger charge is 2.26. The third-order valence-electron chi connectivity index (χ3n) is 3.35. The number of hydrogen-bond donors (Lipinski definition) is 2. The lowest BCUT2D eigenvalue weighted by Gasteiger charge is -2.16. The van der Waals surface area contributed by atoms with Gasteiger partial charge in [-0.05, 0) is 19.4 Å². The molecule has 3 amide bonds. The number of allylic oxidation sites excluding steroid dienone is 1. The molecule has 1 aromatic heterocycles. The number of amides is 3. The number of benzene rings is 1. The summed E-state index contributed by atoms with van der Waals surface area (Å²) in [7, 11) is 0. The van der Waals surface area contributed by atoms with E-state index in [1.165, 1.54) is 11.8 Å². The van der Waals surface area contributed by atoms with Gasteiger partial charge in [0.15, 0.2) is 5.16 Å². The number of thioether (sulfide) groups is 1. The van der Waals surface area contributed by atoms with Gasteiger partial charge < -0.3 is 9.88 Å². The van der Waals surface area contributed by atoms with Crippen LogP contribution >= 0.6 is 11.8 Å². The minimum atomic E-state index is -0.629. The Morgan fingerprint density at radius 1 is 1.32 bits per heavy atom. The standard InChI is InChI=1S/C17H21N5O2S/c1-4-11-22-12(3)20-21-17(22)25-14(13-9-7-6-8-10-13)15(23)19-16(24)18-5-2/h4,6-10,14H,1,5,11H2,2-3H3,(H2,18,19,23,24)/t14-/m0/s1. The average molecular weight is 359 g/mol. The van der Waals surface area contributed by atoms with Gasteiger partial charge in [0.25, 0.3) is 0 Å². The second kappa shape index (κ2) is 9.03. The quantitative estimate of drug-likeness (QED) is 0.585. The number of nitrogens with one attached hydrogen (secondary N) is 2. The molecule has 1 aromatic carbocycles. The predicted molar refractivity (Wildman–Crippen MR) is 97.2 cm³/mol. The highest BCUT2D eigenvalue weighted by molar-refractivity contribution is 8.00. The molecule has 7 nitrogen and oxygen atoms in total. The third kappa shape index (κ3) is 4.93. The van der Waals surface area contributed by atoms with Gasteiger partial charge in [-0.3, -0.25) is 10.1 Å². The van der Waals surface area contributed by atoms with Crippen molar-refractivity contribution in [2.24, 2.45) is 0 Å². The molecule has 0 radical (unpaired) electrons. The largest absolute Gasteiger partial charge is 0.338 e. The minimum absolute atomic E-state index is 0.409. The summed E-state index contributed by atoms with van der Waals surface area (Å²) in [6.07, 6.45) is 1.74. The first-order chi connectivity index (χ1) is 12.1. The molecule has 8 heteroatoms. The first kappa shape index (κ1) is 18.7. The van der Waals surface area contributed by atoms with Crippen molar-refractivity contribution in [1.29, 1.82) is 0 Å². The van der Waals surface area contributed by atoms with Crippen molar-refractivity contribution in [3.8, 4) is 0 Å². The van der Waals surface area contributed by atoms with Gasteiger partial charge in [0.1, 0.15) is 11.1 Å². The molecule has 0 spiro atoms. The molecule has 0 saturated carbocycles. The van der Waals surface area contributed by atoms with Crippen molar-refractivity contribution >= 4 is 23.7 Å². The first-order valence-corrected chi connectivity index (χ1v) is 8.75. The maximum Gasteiger partial charge on any atom is 0.321 e. The van der Waals surface area contributed by atoms with Crippen LogP contribution in [0.1, 0.15) is 23.6 Å². The lowest BCUT2D eigenvalue weighted by atomic mass is 10.1. The van der Waals surface area contributed by atoms with Crippen molar-refractivity contribution in [1.82, 2.24) is 25.4 Å². The summed E-state index contributed by atoms with van der Waals surface area (Å²) in [5.41, 5.74) is 0.778. The van der Waals surface area contributed by atoms with Crippen molar-refractivity contribution in [2.75, 3.05) is 6.54 Å². The van der Waals surface area contributed by atoms with Gasteiger partial charge in [0.05, 0.1) is 0 Å². The van der Waals surface area contributed by atoms with Crippen LogP contribution in [0.4, 0.5) is 4.79 Å². The minimum Gasteiger partial charge on any atom is -0.338 e. The molecule has 2 N–H and O–H groups in total. The summed E-state index contributed by atoms with van der Waals surface area (Å²) in [6, 6.07) is 8.74. The Morgan fingerprint density at radius 2 is 2.04 bits per heavy atom. The number of urea groups is 1. The fraction of sp³-hybridized carbons (Fsp3) is 0.294. The second-order valence-corrected chi connectivity index (χ2v) is 6.26. The van der Waals surface area contributed by atoms with Crippen molar-refractivity contribution < 1.29 is 9.59 Å². The highest BCUT2D eigenvalue weighted by Crippen LogP contribution is 2.34. The summed E-state index contributed by atoms with van der Waals surface area (Å²) in [4.78, 5) is 24.4. The smallest absolute Gasteiger partial charge is 0.321 e. The van der Waals surface area contributed by atoms with Crippen LogP contribution in [-0.4, -0.2) is 33.2 Å². The number of aryl methyl sites for hydroxylation is 1. The zero-order valence-corrected chi connectivity index (χ0v) is 15.0. The van der Waals surface area contributed by atoms with E-state index < -0.39 is 17.2 Å². The third-order valence-corrected chi connectivity index (χ3v) is 4.59. The predicted octanol–water partition coefficient (Wildman–Crippen LogP) is 2.45. The summed E-state index contributed by atoms with van der Waals surface area (Å²) in [6.45, 7) is 8.34. The molecule has 0 fully saturated rings. The van der Waals surface area contributed by atoms with Crippen LogP contribution in [0.2, 0.25) is 0 Å². The fourth-order valence-corrected chi connectivity index (χ4v) is 3.27. The maximum atomic E-state index is 12.6. The first-order valence-electron chi connectivity index (χ1n) is 7.87. The maximum absolute atomic E-state index is 12.6. The van der Waals surface area contributed by atoms with E-state index in [9.17, 15) is 9.59 Å². The zero-order chi connectivity index (χ0) is 18.2. The lowest BCUT2D eigenvalue weighted by Crippen LogP contribution is -2.41. The summed E-state index contributed by atoms with van der Waals surface area (Å²) >= 11 is 1.25. The zero-order valence-electron chi connectivity index (χ0n) is 14.2. The van der Waals surface area contributed by atoms with Crippen LogP contribution in [0.5, 0.6) is 0 Å². The molecule has 0 bridgehead atoms. The monoisotopic (exact) mass is 359 g/mol. The van der Waals surface area contributed by atoms with E-state index in [4.69, 9.17) is 0 Å². The van der Waals surface area contributed by atoms with Crippen LogP contribution in [0, 0.1) is 6.92 Å². The second-order valence-electron chi connectivity index (χ2n) is 5.19. The Kier molecular flexibility index (Phi) is 6.76. The SMILES string of the molecule is C=CCn1c(C)nnc1S[C@H](C(=O)NC(=O)NCC)c1ccccc1. The Bertz CT molecular complexity index is 745. The molecular formula is C17H21N5O2S. The van der Waals surface area contributed by atoms with Crippen LogP contribution in [0.15, 0.2) is 48.1 Å². The molecule has 132 valence electrons. The van der Waals surface area contributed by atoms with E-state index in [0.717, 1.165) is 11.4 Å². The Hall–Kier alpha value is -2.61. The molecule has 25 heavy (non-hydrogen) atoms. The molecule has 2 aromatic rings. The molecule has 1 heterocycles. The molecule has 0 unspecified atom stereocenters. The van der Waals surface area contributed by atoms with Crippen molar-refractivity contribution in [3.05, 3.63) is 54.4 Å². The number of aromatic nitrogens is 3. The number of carbonyl (C=O) groups excluding carboxylic acids is 2. The van der Waals surface area contributed by atoms with Gasteiger partial charge in [-0.25, -0.2) is 4.79 Å². The van der Waals surface area contributed by atoms with E-state index in [1.54, 1.807) is 13.0 Å². The van der Waals surface area contributed by atoms with Crippen molar-refractivity contribution in [3.63, 3.8) is 0 Å². The van der Waals surface area contributed by atoms with E-state index in [-0.39, 0.29) is 0 Å². The van der Waals surface area contributed by atoms with Gasteiger partial charge in [-0.2, -0.15) is 0 Å². The van der Waals surface area contributed by atoms with Gasteiger partial charge in [0.2, 0.25) is 5.91 Å². The normalized spacial score (nSPS) is 11.6. The van der Waals surface area contributed by atoms with Gasteiger partial charge in [-0.15, -0.1) is 16.8 Å². The average Bonchev–Trinajstić information content (AvgIpc) is 2.94. The molecule has 0 saturated heterocycles. The Balaban J connectivity index is 2.28. The van der Waals surface area contributed by atoms with Crippen molar-refractivity contribution in [2.45, 2.75) is 30.8 Å². The number of hydrogen-bond acceptors (Lipinski definition) is 5. The lowest BCUT2D eigenvalue weighted by molar-refractivity contribution is -0.119. The summed E-state index contributed by atoms with van der Waals surface area (Å²) in [5, 5.41) is 13.1. The molecule has 0 aliphatic heterocycles. The molecule has 1 atom stereocenters. The van der Waals surface area contributed by atoms with Crippen LogP contribution in [0.25, 0.3) is 0 Å². The van der Waals surface area contributed by atoms with E-state index in [0.29, 0.717) is 18.2 Å². The summed E-state index contributed by atoms with van der Waals surface area (Å²) < 4.78 is 1.87. The van der Waals surface area contributed by atoms with Gasteiger partial charge in [-0.1, -0.05) is 48.2 Å². The number of carbonyl (C=O) groups is 2. The topological polar surface area (TPSA) is 88.9 Å². The number of nitrogens with zero attached hydrogens (tertiary/aromatic N) is 3. The molecular weight excluding hydrogens is 338 g/mol.